The minimum atomic E-state index is -0.111. The van der Waals surface area contributed by atoms with Crippen LogP contribution in [0, 0.1) is 6.92 Å². The van der Waals surface area contributed by atoms with Gasteiger partial charge >= 0.3 is 0 Å². The molecular weight excluding hydrogens is 304 g/mol. The SMILES string of the molecule is Cc1cc(N2CCOC[C@@H]2c2ccccc2)cc2c1OCC(=O)N2. The average Bonchev–Trinajstić information content (AvgIpc) is 2.62. The molecule has 2 aromatic carbocycles. The molecule has 0 saturated carbocycles. The van der Waals surface area contributed by atoms with Gasteiger partial charge in [-0.2, -0.15) is 0 Å². The Labute approximate surface area is 141 Å². The number of amides is 1. The van der Waals surface area contributed by atoms with Crippen LogP contribution in [0.5, 0.6) is 5.75 Å². The van der Waals surface area contributed by atoms with E-state index in [2.05, 4.69) is 28.4 Å². The van der Waals surface area contributed by atoms with Gasteiger partial charge in [0.05, 0.1) is 24.9 Å². The van der Waals surface area contributed by atoms with E-state index in [1.165, 1.54) is 5.56 Å². The van der Waals surface area contributed by atoms with Crippen molar-refractivity contribution in [2.24, 2.45) is 0 Å². The summed E-state index contributed by atoms with van der Waals surface area (Å²) in [7, 11) is 0. The lowest BCUT2D eigenvalue weighted by Gasteiger charge is -2.38. The number of anilines is 2. The number of ether oxygens (including phenoxy) is 2. The molecule has 0 spiro atoms. The summed E-state index contributed by atoms with van der Waals surface area (Å²) in [6.07, 6.45) is 0. The number of rotatable bonds is 2. The summed E-state index contributed by atoms with van der Waals surface area (Å²) < 4.78 is 11.3. The first-order valence-electron chi connectivity index (χ1n) is 8.19. The van der Waals surface area contributed by atoms with Crippen molar-refractivity contribution in [1.82, 2.24) is 0 Å². The molecule has 0 bridgehead atoms. The largest absolute Gasteiger partial charge is 0.481 e. The number of aryl methyl sites for hydroxylation is 1. The van der Waals surface area contributed by atoms with Crippen LogP contribution in [0.25, 0.3) is 0 Å². The van der Waals surface area contributed by atoms with E-state index in [0.717, 1.165) is 29.2 Å². The van der Waals surface area contributed by atoms with Crippen molar-refractivity contribution in [1.29, 1.82) is 0 Å². The quantitative estimate of drug-likeness (QED) is 0.923. The van der Waals surface area contributed by atoms with Crippen LogP contribution in [0.3, 0.4) is 0 Å². The molecule has 1 atom stereocenters. The predicted octanol–water partition coefficient (Wildman–Crippen LogP) is 2.90. The lowest BCUT2D eigenvalue weighted by atomic mass is 10.0. The van der Waals surface area contributed by atoms with Crippen molar-refractivity contribution in [2.75, 3.05) is 36.6 Å². The smallest absolute Gasteiger partial charge is 0.262 e. The van der Waals surface area contributed by atoms with Gasteiger partial charge in [-0.1, -0.05) is 30.3 Å². The number of benzene rings is 2. The fourth-order valence-corrected chi connectivity index (χ4v) is 3.39. The maximum atomic E-state index is 11.6. The maximum Gasteiger partial charge on any atom is 0.262 e. The number of carbonyl (C=O) groups is 1. The van der Waals surface area contributed by atoms with Crippen molar-refractivity contribution in [3.05, 3.63) is 53.6 Å². The lowest BCUT2D eigenvalue weighted by molar-refractivity contribution is -0.118. The predicted molar refractivity (Wildman–Crippen MR) is 92.7 cm³/mol. The molecule has 1 amide bonds. The number of carbonyl (C=O) groups excluding carboxylic acids is 1. The number of nitrogens with one attached hydrogen (secondary N) is 1. The summed E-state index contributed by atoms with van der Waals surface area (Å²) in [5, 5.41) is 2.91. The summed E-state index contributed by atoms with van der Waals surface area (Å²) in [4.78, 5) is 14.0. The van der Waals surface area contributed by atoms with Crippen molar-refractivity contribution in [2.45, 2.75) is 13.0 Å². The van der Waals surface area contributed by atoms with Crippen LogP contribution >= 0.6 is 0 Å². The third-order valence-electron chi connectivity index (χ3n) is 4.53. The van der Waals surface area contributed by atoms with Gasteiger partial charge < -0.3 is 19.7 Å². The van der Waals surface area contributed by atoms with E-state index in [4.69, 9.17) is 9.47 Å². The molecule has 0 aliphatic carbocycles. The van der Waals surface area contributed by atoms with Crippen LogP contribution < -0.4 is 15.0 Å². The van der Waals surface area contributed by atoms with Crippen molar-refractivity contribution >= 4 is 17.3 Å². The molecule has 124 valence electrons. The Hall–Kier alpha value is -2.53. The molecule has 5 heteroatoms. The summed E-state index contributed by atoms with van der Waals surface area (Å²) in [6, 6.07) is 14.7. The number of morpholine rings is 1. The monoisotopic (exact) mass is 324 g/mol. The van der Waals surface area contributed by atoms with Gasteiger partial charge in [0, 0.05) is 12.2 Å². The van der Waals surface area contributed by atoms with E-state index < -0.39 is 0 Å². The maximum absolute atomic E-state index is 11.6. The first-order valence-corrected chi connectivity index (χ1v) is 8.19. The lowest BCUT2D eigenvalue weighted by Crippen LogP contribution is -2.39. The molecule has 2 aromatic rings. The van der Waals surface area contributed by atoms with Crippen LogP contribution in [0.15, 0.2) is 42.5 Å². The second-order valence-corrected chi connectivity index (χ2v) is 6.17. The van der Waals surface area contributed by atoms with Crippen molar-refractivity contribution < 1.29 is 14.3 Å². The van der Waals surface area contributed by atoms with Gasteiger partial charge in [-0.25, -0.2) is 0 Å². The Morgan fingerprint density at radius 3 is 2.88 bits per heavy atom. The van der Waals surface area contributed by atoms with Crippen LogP contribution in [0.1, 0.15) is 17.2 Å². The minimum absolute atomic E-state index is 0.0807. The number of fused-ring (bicyclic) bond motifs is 1. The highest BCUT2D eigenvalue weighted by Crippen LogP contribution is 2.38. The van der Waals surface area contributed by atoms with Crippen molar-refractivity contribution in [3.8, 4) is 5.75 Å². The van der Waals surface area contributed by atoms with Gasteiger partial charge in [-0.15, -0.1) is 0 Å². The third-order valence-corrected chi connectivity index (χ3v) is 4.53. The average molecular weight is 324 g/mol. The van der Waals surface area contributed by atoms with E-state index in [1.807, 2.05) is 31.2 Å². The molecule has 2 heterocycles. The second kappa shape index (κ2) is 6.17. The number of hydrogen-bond acceptors (Lipinski definition) is 4. The normalized spacial score (nSPS) is 20.1. The Morgan fingerprint density at radius 2 is 2.04 bits per heavy atom. The Balaban J connectivity index is 1.72. The molecule has 2 aliphatic rings. The van der Waals surface area contributed by atoms with Crippen LogP contribution in [-0.4, -0.2) is 32.3 Å². The van der Waals surface area contributed by atoms with Crippen LogP contribution in [0.4, 0.5) is 11.4 Å². The second-order valence-electron chi connectivity index (χ2n) is 6.17. The first kappa shape index (κ1) is 15.0. The summed E-state index contributed by atoms with van der Waals surface area (Å²) in [5.74, 6) is 0.656. The summed E-state index contributed by atoms with van der Waals surface area (Å²) in [5.41, 5.74) is 4.09. The molecule has 1 saturated heterocycles. The highest BCUT2D eigenvalue weighted by atomic mass is 16.5. The molecule has 2 aliphatic heterocycles. The zero-order valence-electron chi connectivity index (χ0n) is 13.6. The molecular formula is C19H20N2O3. The van der Waals surface area contributed by atoms with E-state index in [0.29, 0.717) is 13.2 Å². The first-order chi connectivity index (χ1) is 11.7. The minimum Gasteiger partial charge on any atom is -0.481 e. The highest BCUT2D eigenvalue weighted by molar-refractivity contribution is 5.96. The van der Waals surface area contributed by atoms with E-state index in [1.54, 1.807) is 0 Å². The van der Waals surface area contributed by atoms with Gasteiger partial charge in [0.1, 0.15) is 5.75 Å². The molecule has 0 aromatic heterocycles. The molecule has 5 nitrogen and oxygen atoms in total. The van der Waals surface area contributed by atoms with Crippen molar-refractivity contribution in [3.63, 3.8) is 0 Å². The molecule has 4 rings (SSSR count). The summed E-state index contributed by atoms with van der Waals surface area (Å²) in [6.45, 7) is 4.26. The van der Waals surface area contributed by atoms with E-state index in [9.17, 15) is 4.79 Å². The van der Waals surface area contributed by atoms with Gasteiger partial charge in [-0.05, 0) is 30.2 Å². The van der Waals surface area contributed by atoms with Gasteiger partial charge in [0.2, 0.25) is 0 Å². The molecule has 0 unspecified atom stereocenters. The standard InChI is InChI=1S/C19H20N2O3/c1-13-9-15(10-16-19(13)24-12-18(22)20-16)21-7-8-23-11-17(21)14-5-3-2-4-6-14/h2-6,9-10,17H,7-8,11-12H2,1H3,(H,20,22)/t17-/m1/s1. The van der Waals surface area contributed by atoms with Crippen LogP contribution in [0.2, 0.25) is 0 Å². The zero-order chi connectivity index (χ0) is 16.5. The highest BCUT2D eigenvalue weighted by Gasteiger charge is 2.27. The Bertz CT molecular complexity index is 761. The van der Waals surface area contributed by atoms with Gasteiger partial charge in [0.25, 0.3) is 5.91 Å². The van der Waals surface area contributed by atoms with Crippen LogP contribution in [-0.2, 0) is 9.53 Å². The fourth-order valence-electron chi connectivity index (χ4n) is 3.39. The van der Waals surface area contributed by atoms with Gasteiger partial charge in [0.15, 0.2) is 6.61 Å². The number of nitrogens with zero attached hydrogens (tertiary/aromatic N) is 1. The molecule has 24 heavy (non-hydrogen) atoms. The Kier molecular flexibility index (Phi) is 3.86. The van der Waals surface area contributed by atoms with E-state index >= 15 is 0 Å². The zero-order valence-corrected chi connectivity index (χ0v) is 13.6. The third kappa shape index (κ3) is 2.71. The molecule has 1 fully saturated rings. The molecule has 0 radical (unpaired) electrons. The van der Waals surface area contributed by atoms with Gasteiger partial charge in [-0.3, -0.25) is 4.79 Å². The molecule has 1 N–H and O–H groups in total. The van der Waals surface area contributed by atoms with E-state index in [-0.39, 0.29) is 18.6 Å². The fraction of sp³-hybridized carbons (Fsp3) is 0.316. The topological polar surface area (TPSA) is 50.8 Å². The Morgan fingerprint density at radius 1 is 1.21 bits per heavy atom. The number of hydrogen-bond donors (Lipinski definition) is 1. The summed E-state index contributed by atoms with van der Waals surface area (Å²) >= 11 is 0.